The molecule has 2 nitrogen and oxygen atoms in total. The summed E-state index contributed by atoms with van der Waals surface area (Å²) >= 11 is 0. The van der Waals surface area contributed by atoms with Crippen molar-refractivity contribution < 1.29 is 0 Å². The smallest absolute Gasteiger partial charge is 0.0305 e. The molecule has 1 aromatic rings. The molecule has 0 aromatic carbocycles. The van der Waals surface area contributed by atoms with Crippen molar-refractivity contribution in [2.45, 2.75) is 46.0 Å². The predicted molar refractivity (Wildman–Crippen MR) is 76.8 cm³/mol. The van der Waals surface area contributed by atoms with Gasteiger partial charge in [0.25, 0.3) is 0 Å². The minimum absolute atomic E-state index is 0.721. The summed E-state index contributed by atoms with van der Waals surface area (Å²) in [4.78, 5) is 4.31. The second-order valence-electron chi connectivity index (χ2n) is 6.08. The van der Waals surface area contributed by atoms with E-state index in [0.717, 1.165) is 30.8 Å². The number of rotatable bonds is 5. The van der Waals surface area contributed by atoms with E-state index >= 15 is 0 Å². The number of pyridine rings is 1. The van der Waals surface area contributed by atoms with Crippen LogP contribution in [0.25, 0.3) is 0 Å². The highest BCUT2D eigenvalue weighted by molar-refractivity contribution is 5.27. The molecule has 0 radical (unpaired) electrons. The summed E-state index contributed by atoms with van der Waals surface area (Å²) < 4.78 is 0. The van der Waals surface area contributed by atoms with Crippen molar-refractivity contribution >= 4 is 0 Å². The number of hydrogen-bond donors (Lipinski definition) is 1. The summed E-state index contributed by atoms with van der Waals surface area (Å²) in [5, 5.41) is 3.63. The van der Waals surface area contributed by atoms with Gasteiger partial charge >= 0.3 is 0 Å². The molecule has 1 heterocycles. The van der Waals surface area contributed by atoms with E-state index in [0.29, 0.717) is 0 Å². The highest BCUT2D eigenvalue weighted by atomic mass is 14.9. The largest absolute Gasteiger partial charge is 0.316 e. The van der Waals surface area contributed by atoms with Crippen molar-refractivity contribution in [1.82, 2.24) is 10.3 Å². The molecule has 1 fully saturated rings. The molecule has 1 aliphatic rings. The zero-order chi connectivity index (χ0) is 13.0. The van der Waals surface area contributed by atoms with Crippen LogP contribution in [0.15, 0.2) is 18.5 Å². The van der Waals surface area contributed by atoms with Crippen LogP contribution in [-0.4, -0.2) is 18.1 Å². The van der Waals surface area contributed by atoms with Crippen LogP contribution in [0.2, 0.25) is 0 Å². The number of nitrogens with one attached hydrogen (secondary N) is 1. The van der Waals surface area contributed by atoms with Crippen molar-refractivity contribution in [3.8, 4) is 0 Å². The summed E-state index contributed by atoms with van der Waals surface area (Å²) in [5.74, 6) is 2.26. The lowest BCUT2D eigenvalue weighted by molar-refractivity contribution is 0.424. The Bertz CT molecular complexity index is 373. The third-order valence-corrected chi connectivity index (χ3v) is 4.10. The first-order valence-corrected chi connectivity index (χ1v) is 7.29. The van der Waals surface area contributed by atoms with E-state index in [9.17, 15) is 0 Å². The van der Waals surface area contributed by atoms with Crippen molar-refractivity contribution in [3.63, 3.8) is 0 Å². The SMILES string of the molecule is Cc1ccncc1C1CCCC1CNCC(C)C. The normalized spacial score (nSPS) is 23.8. The van der Waals surface area contributed by atoms with Crippen LogP contribution in [0, 0.1) is 18.8 Å². The van der Waals surface area contributed by atoms with Crippen LogP contribution >= 0.6 is 0 Å². The van der Waals surface area contributed by atoms with Crippen LogP contribution in [0.4, 0.5) is 0 Å². The number of aryl methyl sites for hydroxylation is 1. The average molecular weight is 246 g/mol. The van der Waals surface area contributed by atoms with Gasteiger partial charge in [0.1, 0.15) is 0 Å². The predicted octanol–water partition coefficient (Wildman–Crippen LogP) is 3.52. The molecular formula is C16H26N2. The maximum Gasteiger partial charge on any atom is 0.0305 e. The monoisotopic (exact) mass is 246 g/mol. The van der Waals surface area contributed by atoms with E-state index in [2.05, 4.69) is 43.3 Å². The molecule has 2 heteroatoms. The fourth-order valence-electron chi connectivity index (χ4n) is 3.11. The second kappa shape index (κ2) is 6.33. The van der Waals surface area contributed by atoms with Crippen molar-refractivity contribution in [2.75, 3.05) is 13.1 Å². The van der Waals surface area contributed by atoms with Crippen molar-refractivity contribution in [2.24, 2.45) is 11.8 Å². The molecule has 1 N–H and O–H groups in total. The van der Waals surface area contributed by atoms with Gasteiger partial charge in [0.05, 0.1) is 0 Å². The fraction of sp³-hybridized carbons (Fsp3) is 0.688. The van der Waals surface area contributed by atoms with Gasteiger partial charge in [0.2, 0.25) is 0 Å². The van der Waals surface area contributed by atoms with E-state index in [-0.39, 0.29) is 0 Å². The van der Waals surface area contributed by atoms with Gasteiger partial charge in [-0.2, -0.15) is 0 Å². The molecule has 1 aromatic heterocycles. The molecule has 2 atom stereocenters. The topological polar surface area (TPSA) is 24.9 Å². The summed E-state index contributed by atoms with van der Waals surface area (Å²) in [6.45, 7) is 9.05. The molecule has 0 bridgehead atoms. The molecule has 100 valence electrons. The minimum atomic E-state index is 0.721. The Morgan fingerprint density at radius 2 is 2.22 bits per heavy atom. The molecular weight excluding hydrogens is 220 g/mol. The van der Waals surface area contributed by atoms with Gasteiger partial charge in [-0.25, -0.2) is 0 Å². The highest BCUT2D eigenvalue weighted by Crippen LogP contribution is 2.40. The van der Waals surface area contributed by atoms with Crippen LogP contribution < -0.4 is 5.32 Å². The molecule has 0 amide bonds. The van der Waals surface area contributed by atoms with Crippen LogP contribution in [0.5, 0.6) is 0 Å². The Kier molecular flexibility index (Phi) is 4.76. The quantitative estimate of drug-likeness (QED) is 0.860. The standard InChI is InChI=1S/C16H26N2/c1-12(2)9-18-10-14-5-4-6-15(14)16-11-17-8-7-13(16)3/h7-8,11-12,14-15,18H,4-6,9-10H2,1-3H3. The van der Waals surface area contributed by atoms with Gasteiger partial charge in [0.15, 0.2) is 0 Å². The van der Waals surface area contributed by atoms with Gasteiger partial charge in [-0.3, -0.25) is 4.98 Å². The summed E-state index contributed by atoms with van der Waals surface area (Å²) in [6.07, 6.45) is 8.05. The van der Waals surface area contributed by atoms with Gasteiger partial charge in [0, 0.05) is 12.4 Å². The molecule has 2 rings (SSSR count). The lowest BCUT2D eigenvalue weighted by Gasteiger charge is -2.22. The lowest BCUT2D eigenvalue weighted by Crippen LogP contribution is -2.27. The molecule has 18 heavy (non-hydrogen) atoms. The third-order valence-electron chi connectivity index (χ3n) is 4.10. The maximum atomic E-state index is 4.31. The Balaban J connectivity index is 1.97. The highest BCUT2D eigenvalue weighted by Gasteiger charge is 2.29. The molecule has 0 aliphatic heterocycles. The maximum absolute atomic E-state index is 4.31. The van der Waals surface area contributed by atoms with Gasteiger partial charge in [-0.1, -0.05) is 20.3 Å². The molecule has 0 spiro atoms. The Morgan fingerprint density at radius 1 is 1.39 bits per heavy atom. The third kappa shape index (κ3) is 3.32. The summed E-state index contributed by atoms with van der Waals surface area (Å²) in [5.41, 5.74) is 2.89. The van der Waals surface area contributed by atoms with E-state index in [1.54, 1.807) is 0 Å². The van der Waals surface area contributed by atoms with E-state index < -0.39 is 0 Å². The lowest BCUT2D eigenvalue weighted by atomic mass is 9.87. The Morgan fingerprint density at radius 3 is 2.94 bits per heavy atom. The average Bonchev–Trinajstić information content (AvgIpc) is 2.77. The summed E-state index contributed by atoms with van der Waals surface area (Å²) in [7, 11) is 0. The number of hydrogen-bond acceptors (Lipinski definition) is 2. The zero-order valence-electron chi connectivity index (χ0n) is 11.9. The molecule has 0 saturated heterocycles. The molecule has 1 saturated carbocycles. The van der Waals surface area contributed by atoms with Gasteiger partial charge in [-0.05, 0) is 67.8 Å². The Labute approximate surface area is 111 Å². The first-order valence-electron chi connectivity index (χ1n) is 7.29. The zero-order valence-corrected chi connectivity index (χ0v) is 11.9. The molecule has 1 aliphatic carbocycles. The van der Waals surface area contributed by atoms with E-state index in [1.165, 1.54) is 30.4 Å². The number of aromatic nitrogens is 1. The fourth-order valence-corrected chi connectivity index (χ4v) is 3.11. The molecule has 2 unspecified atom stereocenters. The second-order valence-corrected chi connectivity index (χ2v) is 6.08. The summed E-state index contributed by atoms with van der Waals surface area (Å²) in [6, 6.07) is 2.15. The van der Waals surface area contributed by atoms with Crippen LogP contribution in [-0.2, 0) is 0 Å². The van der Waals surface area contributed by atoms with E-state index in [4.69, 9.17) is 0 Å². The van der Waals surface area contributed by atoms with Gasteiger partial charge in [-0.15, -0.1) is 0 Å². The van der Waals surface area contributed by atoms with Crippen molar-refractivity contribution in [3.05, 3.63) is 29.6 Å². The van der Waals surface area contributed by atoms with Crippen LogP contribution in [0.1, 0.15) is 50.2 Å². The van der Waals surface area contributed by atoms with Gasteiger partial charge < -0.3 is 5.32 Å². The Hall–Kier alpha value is -0.890. The first-order chi connectivity index (χ1) is 8.68. The van der Waals surface area contributed by atoms with Crippen molar-refractivity contribution in [1.29, 1.82) is 0 Å². The minimum Gasteiger partial charge on any atom is -0.316 e. The van der Waals surface area contributed by atoms with E-state index in [1.807, 2.05) is 6.20 Å². The number of nitrogens with zero attached hydrogens (tertiary/aromatic N) is 1. The van der Waals surface area contributed by atoms with Crippen LogP contribution in [0.3, 0.4) is 0 Å². The first kappa shape index (κ1) is 13.5.